The van der Waals surface area contributed by atoms with Crippen LogP contribution in [0, 0.1) is 0 Å². The topological polar surface area (TPSA) is 71.1 Å². The summed E-state index contributed by atoms with van der Waals surface area (Å²) in [5.74, 6) is -0.389. The van der Waals surface area contributed by atoms with Crippen molar-refractivity contribution in [2.24, 2.45) is 0 Å². The van der Waals surface area contributed by atoms with E-state index in [0.717, 1.165) is 28.5 Å². The van der Waals surface area contributed by atoms with Crippen LogP contribution >= 0.6 is 23.1 Å². The normalized spacial score (nSPS) is 15.0. The van der Waals surface area contributed by atoms with Crippen LogP contribution in [0.15, 0.2) is 101 Å². The van der Waals surface area contributed by atoms with E-state index in [0.29, 0.717) is 15.7 Å². The second-order valence-corrected chi connectivity index (χ2v) is 9.28. The molecule has 0 aliphatic carbocycles. The van der Waals surface area contributed by atoms with Crippen molar-refractivity contribution in [3.8, 4) is 0 Å². The Kier molecular flexibility index (Phi) is 5.81. The van der Waals surface area contributed by atoms with Crippen LogP contribution in [0.1, 0.15) is 22.4 Å². The highest BCUT2D eigenvalue weighted by Gasteiger charge is 2.37. The number of carbonyl (C=O) groups is 2. The largest absolute Gasteiger partial charge is 0.344 e. The standard InChI is InChI=1S/C26H19N3O2S2/c30-23-22(33-25(31)28-23)16-21-17-32-24(27-21)29-26(18-10-4-1-5-11-18,19-12-6-2-7-13-19)20-14-8-3-9-15-20/h1-17H,(H,27,29)(H,28,30,31)/b22-16+. The van der Waals surface area contributed by atoms with E-state index in [2.05, 4.69) is 47.0 Å². The Balaban J connectivity index is 1.62. The Morgan fingerprint density at radius 3 is 1.76 bits per heavy atom. The maximum absolute atomic E-state index is 11.9. The monoisotopic (exact) mass is 469 g/mol. The van der Waals surface area contributed by atoms with Gasteiger partial charge in [-0.1, -0.05) is 91.0 Å². The number of hydrogen-bond acceptors (Lipinski definition) is 6. The van der Waals surface area contributed by atoms with E-state index in [4.69, 9.17) is 4.98 Å². The van der Waals surface area contributed by atoms with Crippen LogP contribution in [0.25, 0.3) is 6.08 Å². The number of thioether (sulfide) groups is 1. The summed E-state index contributed by atoms with van der Waals surface area (Å²) in [7, 11) is 0. The summed E-state index contributed by atoms with van der Waals surface area (Å²) in [4.78, 5) is 28.5. The zero-order valence-corrected chi connectivity index (χ0v) is 19.0. The SMILES string of the molecule is O=C1NC(=O)/C(=C\c2csc(NC(c3ccccc3)(c3ccccc3)c3ccccc3)n2)S1. The van der Waals surface area contributed by atoms with Gasteiger partial charge in [0.15, 0.2) is 5.13 Å². The molecule has 2 heterocycles. The van der Waals surface area contributed by atoms with Gasteiger partial charge in [0.2, 0.25) is 0 Å². The van der Waals surface area contributed by atoms with Crippen molar-refractivity contribution >= 4 is 45.5 Å². The molecule has 0 unspecified atom stereocenters. The van der Waals surface area contributed by atoms with Gasteiger partial charge < -0.3 is 5.32 Å². The Bertz CT molecular complexity index is 1220. The molecule has 1 aromatic heterocycles. The highest BCUT2D eigenvalue weighted by molar-refractivity contribution is 8.18. The number of benzene rings is 3. The van der Waals surface area contributed by atoms with Crippen molar-refractivity contribution in [1.29, 1.82) is 0 Å². The summed E-state index contributed by atoms with van der Waals surface area (Å²) in [5.41, 5.74) is 3.18. The van der Waals surface area contributed by atoms with E-state index in [1.54, 1.807) is 6.08 Å². The number of rotatable bonds is 6. The molecule has 1 aliphatic rings. The summed E-state index contributed by atoms with van der Waals surface area (Å²) in [6.07, 6.45) is 1.64. The summed E-state index contributed by atoms with van der Waals surface area (Å²) < 4.78 is 0. The second-order valence-electron chi connectivity index (χ2n) is 7.40. The van der Waals surface area contributed by atoms with Crippen LogP contribution < -0.4 is 10.6 Å². The van der Waals surface area contributed by atoms with Gasteiger partial charge in [-0.05, 0) is 34.5 Å². The van der Waals surface area contributed by atoms with Gasteiger partial charge in [0.25, 0.3) is 11.1 Å². The number of carbonyl (C=O) groups excluding carboxylic acids is 2. The highest BCUT2D eigenvalue weighted by atomic mass is 32.2. The van der Waals surface area contributed by atoms with E-state index in [1.165, 1.54) is 11.3 Å². The third kappa shape index (κ3) is 4.20. The third-order valence-corrected chi connectivity index (χ3v) is 6.94. The average Bonchev–Trinajstić information content (AvgIpc) is 3.43. The fourth-order valence-corrected chi connectivity index (χ4v) is 5.30. The minimum atomic E-state index is -0.679. The van der Waals surface area contributed by atoms with Gasteiger partial charge in [-0.3, -0.25) is 14.9 Å². The summed E-state index contributed by atoms with van der Waals surface area (Å²) in [6, 6.07) is 30.8. The average molecular weight is 470 g/mol. The molecule has 33 heavy (non-hydrogen) atoms. The fourth-order valence-electron chi connectivity index (χ4n) is 3.91. The van der Waals surface area contributed by atoms with Crippen molar-refractivity contribution < 1.29 is 9.59 Å². The molecule has 3 aromatic carbocycles. The van der Waals surface area contributed by atoms with E-state index >= 15 is 0 Å². The van der Waals surface area contributed by atoms with Crippen LogP contribution in [0.3, 0.4) is 0 Å². The van der Waals surface area contributed by atoms with Gasteiger partial charge in [0.1, 0.15) is 5.54 Å². The lowest BCUT2D eigenvalue weighted by Gasteiger charge is -2.36. The maximum atomic E-state index is 11.9. The summed E-state index contributed by atoms with van der Waals surface area (Å²) >= 11 is 2.34. The second kappa shape index (κ2) is 9.05. The lowest BCUT2D eigenvalue weighted by molar-refractivity contribution is -0.115. The number of amides is 2. The van der Waals surface area contributed by atoms with Gasteiger partial charge in [0, 0.05) is 5.38 Å². The first-order valence-corrected chi connectivity index (χ1v) is 12.0. The Morgan fingerprint density at radius 2 is 1.30 bits per heavy atom. The van der Waals surface area contributed by atoms with Gasteiger partial charge in [0.05, 0.1) is 10.6 Å². The molecule has 0 radical (unpaired) electrons. The van der Waals surface area contributed by atoms with Crippen LogP contribution in [-0.4, -0.2) is 16.1 Å². The van der Waals surface area contributed by atoms with Crippen molar-refractivity contribution in [3.63, 3.8) is 0 Å². The van der Waals surface area contributed by atoms with E-state index in [1.807, 2.05) is 60.0 Å². The number of nitrogens with one attached hydrogen (secondary N) is 2. The molecule has 1 fully saturated rings. The number of imide groups is 1. The Hall–Kier alpha value is -3.68. The predicted octanol–water partition coefficient (Wildman–Crippen LogP) is 5.87. The quantitative estimate of drug-likeness (QED) is 0.273. The Morgan fingerprint density at radius 1 is 0.788 bits per heavy atom. The smallest absolute Gasteiger partial charge is 0.290 e. The van der Waals surface area contributed by atoms with Crippen LogP contribution in [0.4, 0.5) is 9.93 Å². The van der Waals surface area contributed by atoms with Gasteiger partial charge >= 0.3 is 0 Å². The molecule has 162 valence electrons. The van der Waals surface area contributed by atoms with E-state index in [-0.39, 0.29) is 11.1 Å². The number of thiazole rings is 1. The fraction of sp³-hybridized carbons (Fsp3) is 0.0385. The summed E-state index contributed by atoms with van der Waals surface area (Å²) in [6.45, 7) is 0. The first-order valence-electron chi connectivity index (χ1n) is 10.3. The van der Waals surface area contributed by atoms with E-state index in [9.17, 15) is 9.59 Å². The Labute approximate surface area is 199 Å². The van der Waals surface area contributed by atoms with Crippen molar-refractivity contribution in [2.45, 2.75) is 5.54 Å². The molecular formula is C26H19N3O2S2. The van der Waals surface area contributed by atoms with Crippen molar-refractivity contribution in [1.82, 2.24) is 10.3 Å². The predicted molar refractivity (Wildman–Crippen MR) is 134 cm³/mol. The van der Waals surface area contributed by atoms with Gasteiger partial charge in [-0.2, -0.15) is 0 Å². The molecule has 0 atom stereocenters. The molecule has 2 amide bonds. The molecule has 2 N–H and O–H groups in total. The summed E-state index contributed by atoms with van der Waals surface area (Å²) in [5, 5.41) is 8.19. The lowest BCUT2D eigenvalue weighted by Crippen LogP contribution is -2.38. The van der Waals surface area contributed by atoms with Crippen molar-refractivity contribution in [2.75, 3.05) is 5.32 Å². The number of nitrogens with zero attached hydrogens (tertiary/aromatic N) is 1. The van der Waals surface area contributed by atoms with Crippen molar-refractivity contribution in [3.05, 3.63) is 124 Å². The minimum Gasteiger partial charge on any atom is -0.344 e. The molecule has 4 aromatic rings. The number of hydrogen-bond donors (Lipinski definition) is 2. The molecule has 1 saturated heterocycles. The van der Waals surface area contributed by atoms with Gasteiger partial charge in [-0.15, -0.1) is 11.3 Å². The molecule has 5 rings (SSSR count). The zero-order valence-electron chi connectivity index (χ0n) is 17.4. The molecule has 1 aliphatic heterocycles. The highest BCUT2D eigenvalue weighted by Crippen LogP contribution is 2.40. The third-order valence-electron chi connectivity index (χ3n) is 5.36. The molecule has 0 saturated carbocycles. The lowest BCUT2D eigenvalue weighted by atomic mass is 9.77. The molecule has 5 nitrogen and oxygen atoms in total. The first-order chi connectivity index (χ1) is 16.1. The van der Waals surface area contributed by atoms with Crippen LogP contribution in [0.5, 0.6) is 0 Å². The molecule has 7 heteroatoms. The first kappa shape index (κ1) is 21.2. The minimum absolute atomic E-state index is 0.345. The van der Waals surface area contributed by atoms with Gasteiger partial charge in [-0.25, -0.2) is 4.98 Å². The molecule has 0 bridgehead atoms. The van der Waals surface area contributed by atoms with Crippen LogP contribution in [0.2, 0.25) is 0 Å². The number of aromatic nitrogens is 1. The van der Waals surface area contributed by atoms with Crippen LogP contribution in [-0.2, 0) is 10.3 Å². The molecule has 0 spiro atoms. The zero-order chi connectivity index (χ0) is 22.7. The molecular weight excluding hydrogens is 450 g/mol. The van der Waals surface area contributed by atoms with E-state index < -0.39 is 5.54 Å². The number of anilines is 1. The maximum Gasteiger partial charge on any atom is 0.290 e.